The Bertz CT molecular complexity index is 437. The number of rotatable bonds is 3. The van der Waals surface area contributed by atoms with Crippen molar-refractivity contribution in [2.45, 2.75) is 18.9 Å². The van der Waals surface area contributed by atoms with Crippen LogP contribution in [-0.2, 0) is 4.74 Å². The number of halogens is 3. The molecule has 2 rings (SSSR count). The van der Waals surface area contributed by atoms with Crippen molar-refractivity contribution in [3.63, 3.8) is 0 Å². The molecule has 1 aliphatic heterocycles. The summed E-state index contributed by atoms with van der Waals surface area (Å²) in [4.78, 5) is 0. The molecule has 5 heteroatoms. The zero-order chi connectivity index (χ0) is 12.3. The minimum absolute atomic E-state index is 0.00566. The van der Waals surface area contributed by atoms with Crippen LogP contribution in [0.15, 0.2) is 28.9 Å². The zero-order valence-corrected chi connectivity index (χ0v) is 10.6. The first-order valence-corrected chi connectivity index (χ1v) is 6.15. The number of anilines is 1. The van der Waals surface area contributed by atoms with Crippen LogP contribution in [0.25, 0.3) is 0 Å². The summed E-state index contributed by atoms with van der Waals surface area (Å²) in [7, 11) is 0. The van der Waals surface area contributed by atoms with Crippen molar-refractivity contribution >= 4 is 21.6 Å². The molecule has 0 amide bonds. The van der Waals surface area contributed by atoms with E-state index in [1.807, 2.05) is 6.08 Å². The van der Waals surface area contributed by atoms with Crippen molar-refractivity contribution in [3.8, 4) is 0 Å². The molecule has 1 atom stereocenters. The average Bonchev–Trinajstić information content (AvgIpc) is 2.33. The van der Waals surface area contributed by atoms with E-state index >= 15 is 0 Å². The van der Waals surface area contributed by atoms with E-state index in [4.69, 9.17) is 4.74 Å². The molecule has 92 valence electrons. The largest absolute Gasteiger partial charge is 0.497 e. The fourth-order valence-electron chi connectivity index (χ4n) is 1.62. The van der Waals surface area contributed by atoms with Crippen molar-refractivity contribution in [2.75, 3.05) is 11.9 Å². The second-order valence-corrected chi connectivity index (χ2v) is 4.69. The van der Waals surface area contributed by atoms with E-state index < -0.39 is 11.6 Å². The summed E-state index contributed by atoms with van der Waals surface area (Å²) in [6.45, 7) is 0.461. The number of hydrogen-bond donors (Lipinski definition) is 1. The lowest BCUT2D eigenvalue weighted by Gasteiger charge is -2.20. The molecule has 0 aromatic heterocycles. The molecule has 1 aliphatic rings. The summed E-state index contributed by atoms with van der Waals surface area (Å²) in [6.07, 6.45) is 5.42. The van der Waals surface area contributed by atoms with Crippen LogP contribution in [0.1, 0.15) is 12.8 Å². The molecule has 2 nitrogen and oxygen atoms in total. The molecule has 0 radical (unpaired) electrons. The summed E-state index contributed by atoms with van der Waals surface area (Å²) in [6, 6.07) is 2.25. The van der Waals surface area contributed by atoms with Crippen LogP contribution in [0.3, 0.4) is 0 Å². The van der Waals surface area contributed by atoms with E-state index in [1.54, 1.807) is 6.26 Å². The van der Waals surface area contributed by atoms with Crippen molar-refractivity contribution in [3.05, 3.63) is 40.6 Å². The third kappa shape index (κ3) is 3.19. The lowest BCUT2D eigenvalue weighted by atomic mass is 10.1. The molecule has 1 unspecified atom stereocenters. The van der Waals surface area contributed by atoms with E-state index in [1.165, 1.54) is 0 Å². The van der Waals surface area contributed by atoms with Gasteiger partial charge in [0.15, 0.2) is 0 Å². The van der Waals surface area contributed by atoms with Crippen LogP contribution < -0.4 is 5.32 Å². The molecule has 1 heterocycles. The van der Waals surface area contributed by atoms with Gasteiger partial charge in [0.1, 0.15) is 17.7 Å². The Balaban J connectivity index is 1.98. The highest BCUT2D eigenvalue weighted by Gasteiger charge is 2.13. The molecule has 0 aliphatic carbocycles. The standard InChI is InChI=1S/C12H12BrF2NO/c13-9-5-11(15)12(6-10(9)14)16-7-8-3-1-2-4-17-8/h2,4-6,8,16H,1,3,7H2. The minimum atomic E-state index is -0.488. The molecule has 1 aromatic carbocycles. The quantitative estimate of drug-likeness (QED) is 0.857. The van der Waals surface area contributed by atoms with Gasteiger partial charge in [0.05, 0.1) is 23.0 Å². The third-order valence-corrected chi connectivity index (χ3v) is 3.16. The Kier molecular flexibility index (Phi) is 3.99. The van der Waals surface area contributed by atoms with Crippen LogP contribution in [0, 0.1) is 11.6 Å². The minimum Gasteiger partial charge on any atom is -0.497 e. The fraction of sp³-hybridized carbons (Fsp3) is 0.333. The van der Waals surface area contributed by atoms with Gasteiger partial charge in [0.25, 0.3) is 0 Å². The number of benzene rings is 1. The molecule has 1 aromatic rings. The van der Waals surface area contributed by atoms with Crippen molar-refractivity contribution in [2.24, 2.45) is 0 Å². The van der Waals surface area contributed by atoms with Crippen LogP contribution in [-0.4, -0.2) is 12.6 Å². The number of allylic oxidation sites excluding steroid dienone is 1. The van der Waals surface area contributed by atoms with Gasteiger partial charge in [-0.3, -0.25) is 0 Å². The lowest BCUT2D eigenvalue weighted by molar-refractivity contribution is 0.135. The van der Waals surface area contributed by atoms with Gasteiger partial charge < -0.3 is 10.1 Å². The summed E-state index contributed by atoms with van der Waals surface area (Å²) < 4.78 is 32.1. The van der Waals surface area contributed by atoms with Crippen LogP contribution in [0.2, 0.25) is 0 Å². The maximum absolute atomic E-state index is 13.5. The van der Waals surface area contributed by atoms with Crippen molar-refractivity contribution < 1.29 is 13.5 Å². The summed E-state index contributed by atoms with van der Waals surface area (Å²) in [5.74, 6) is -0.969. The van der Waals surface area contributed by atoms with Gasteiger partial charge in [-0.1, -0.05) is 0 Å². The Morgan fingerprint density at radius 3 is 2.88 bits per heavy atom. The summed E-state index contributed by atoms with van der Waals surface area (Å²) in [5, 5.41) is 2.86. The Morgan fingerprint density at radius 1 is 1.35 bits per heavy atom. The van der Waals surface area contributed by atoms with Gasteiger partial charge in [-0.05, 0) is 40.9 Å². The second kappa shape index (κ2) is 5.49. The predicted molar refractivity (Wildman–Crippen MR) is 65.8 cm³/mol. The molecule has 0 bridgehead atoms. The highest BCUT2D eigenvalue weighted by molar-refractivity contribution is 9.10. The highest BCUT2D eigenvalue weighted by atomic mass is 79.9. The van der Waals surface area contributed by atoms with E-state index in [9.17, 15) is 8.78 Å². The Morgan fingerprint density at radius 2 is 2.18 bits per heavy atom. The van der Waals surface area contributed by atoms with Gasteiger partial charge in [-0.15, -0.1) is 0 Å². The molecule has 17 heavy (non-hydrogen) atoms. The first-order valence-electron chi connectivity index (χ1n) is 5.35. The maximum Gasteiger partial charge on any atom is 0.147 e. The lowest BCUT2D eigenvalue weighted by Crippen LogP contribution is -2.23. The molecular weight excluding hydrogens is 292 g/mol. The van der Waals surface area contributed by atoms with Gasteiger partial charge >= 0.3 is 0 Å². The Labute approximate surface area is 107 Å². The first-order chi connectivity index (χ1) is 8.16. The normalized spacial score (nSPS) is 18.9. The Hall–Kier alpha value is -1.10. The van der Waals surface area contributed by atoms with E-state index in [0.29, 0.717) is 6.54 Å². The van der Waals surface area contributed by atoms with Gasteiger partial charge in [-0.25, -0.2) is 8.78 Å². The topological polar surface area (TPSA) is 21.3 Å². The second-order valence-electron chi connectivity index (χ2n) is 3.83. The van der Waals surface area contributed by atoms with Crippen LogP contribution in [0.4, 0.5) is 14.5 Å². The monoisotopic (exact) mass is 303 g/mol. The van der Waals surface area contributed by atoms with E-state index in [2.05, 4.69) is 21.2 Å². The first kappa shape index (κ1) is 12.4. The fourth-order valence-corrected chi connectivity index (χ4v) is 1.93. The predicted octanol–water partition coefficient (Wildman–Crippen LogP) is 3.83. The van der Waals surface area contributed by atoms with Gasteiger partial charge in [0, 0.05) is 6.07 Å². The molecule has 1 N–H and O–H groups in total. The third-order valence-electron chi connectivity index (χ3n) is 2.55. The van der Waals surface area contributed by atoms with Crippen molar-refractivity contribution in [1.29, 1.82) is 0 Å². The molecule has 0 fully saturated rings. The molecular formula is C12H12BrF2NO. The molecule has 0 saturated carbocycles. The van der Waals surface area contributed by atoms with E-state index in [-0.39, 0.29) is 16.3 Å². The number of ether oxygens (including phenoxy) is 1. The van der Waals surface area contributed by atoms with Gasteiger partial charge in [-0.2, -0.15) is 0 Å². The average molecular weight is 304 g/mol. The van der Waals surface area contributed by atoms with Gasteiger partial charge in [0.2, 0.25) is 0 Å². The highest BCUT2D eigenvalue weighted by Crippen LogP contribution is 2.23. The van der Waals surface area contributed by atoms with Crippen LogP contribution >= 0.6 is 15.9 Å². The molecule has 0 spiro atoms. The zero-order valence-electron chi connectivity index (χ0n) is 9.05. The number of hydrogen-bond acceptors (Lipinski definition) is 2. The SMILES string of the molecule is Fc1cc(NCC2CCC=CO2)c(F)cc1Br. The molecule has 0 saturated heterocycles. The van der Waals surface area contributed by atoms with Crippen molar-refractivity contribution in [1.82, 2.24) is 0 Å². The summed E-state index contributed by atoms with van der Waals surface area (Å²) >= 11 is 2.93. The number of nitrogens with one attached hydrogen (secondary N) is 1. The maximum atomic E-state index is 13.5. The van der Waals surface area contributed by atoms with Crippen LogP contribution in [0.5, 0.6) is 0 Å². The summed E-state index contributed by atoms with van der Waals surface area (Å²) in [5.41, 5.74) is 0.156. The smallest absolute Gasteiger partial charge is 0.147 e. The van der Waals surface area contributed by atoms with E-state index in [0.717, 1.165) is 25.0 Å².